The Bertz CT molecular complexity index is 763. The highest BCUT2D eigenvalue weighted by atomic mass is 79.9. The summed E-state index contributed by atoms with van der Waals surface area (Å²) in [5, 5.41) is 7.59. The maximum atomic E-state index is 12.0. The van der Waals surface area contributed by atoms with E-state index in [2.05, 4.69) is 31.4 Å². The van der Waals surface area contributed by atoms with Crippen LogP contribution in [-0.4, -0.2) is 20.9 Å². The lowest BCUT2D eigenvalue weighted by Crippen LogP contribution is -2.28. The Balaban J connectivity index is 2.51. The van der Waals surface area contributed by atoms with Crippen LogP contribution in [0.1, 0.15) is 13.8 Å². The van der Waals surface area contributed by atoms with Crippen LogP contribution in [0.4, 0.5) is 5.69 Å². The molecule has 0 fully saturated rings. The number of fused-ring (bicyclic) bond motifs is 1. The van der Waals surface area contributed by atoms with Crippen LogP contribution in [0.2, 0.25) is 0 Å². The van der Waals surface area contributed by atoms with Crippen molar-refractivity contribution >= 4 is 38.3 Å². The summed E-state index contributed by atoms with van der Waals surface area (Å²) in [6, 6.07) is 4.74. The Kier molecular flexibility index (Phi) is 4.08. The second-order valence-corrected chi connectivity index (χ2v) is 5.76. The van der Waals surface area contributed by atoms with Crippen molar-refractivity contribution in [3.63, 3.8) is 0 Å². The van der Waals surface area contributed by atoms with Gasteiger partial charge in [-0.3, -0.25) is 24.6 Å². The Morgan fingerprint density at radius 2 is 1.85 bits per heavy atom. The standard InChI is InChI=1S/C13H14BrN3O3/c1-6(2)10(14)13(20)15-8-5-3-4-7-9(8)12(19)17-16-11(7)18/h3-6,10H,1-2H3,(H,15,20)(H,16,18)(H,17,19). The summed E-state index contributed by atoms with van der Waals surface area (Å²) in [5.74, 6) is -0.154. The molecule has 0 aliphatic carbocycles. The van der Waals surface area contributed by atoms with Crippen LogP contribution in [0.5, 0.6) is 0 Å². The number of hydrogen-bond donors (Lipinski definition) is 3. The number of amides is 1. The minimum atomic E-state index is -0.453. The number of alkyl halides is 1. The number of nitrogens with one attached hydrogen (secondary N) is 3. The van der Waals surface area contributed by atoms with Gasteiger partial charge in [-0.15, -0.1) is 0 Å². The minimum Gasteiger partial charge on any atom is -0.324 e. The summed E-state index contributed by atoms with van der Waals surface area (Å²) >= 11 is 3.30. The van der Waals surface area contributed by atoms with E-state index in [0.717, 1.165) is 0 Å². The van der Waals surface area contributed by atoms with Crippen molar-refractivity contribution in [3.05, 3.63) is 38.9 Å². The summed E-state index contributed by atoms with van der Waals surface area (Å²) in [5.41, 5.74) is -0.536. The highest BCUT2D eigenvalue weighted by Gasteiger charge is 2.20. The molecule has 1 atom stereocenters. The monoisotopic (exact) mass is 339 g/mol. The molecule has 6 nitrogen and oxygen atoms in total. The zero-order valence-electron chi connectivity index (χ0n) is 11.0. The molecule has 3 N–H and O–H groups in total. The Labute approximate surface area is 122 Å². The van der Waals surface area contributed by atoms with E-state index in [0.29, 0.717) is 5.69 Å². The summed E-state index contributed by atoms with van der Waals surface area (Å²) in [6.45, 7) is 3.80. The van der Waals surface area contributed by atoms with E-state index >= 15 is 0 Å². The smallest absolute Gasteiger partial charge is 0.272 e. The van der Waals surface area contributed by atoms with Gasteiger partial charge >= 0.3 is 0 Å². The van der Waals surface area contributed by atoms with Gasteiger partial charge in [0.2, 0.25) is 5.91 Å². The normalized spacial score (nSPS) is 12.6. The maximum absolute atomic E-state index is 12.0. The summed E-state index contributed by atoms with van der Waals surface area (Å²) in [7, 11) is 0. The van der Waals surface area contributed by atoms with Crippen molar-refractivity contribution in [1.82, 2.24) is 10.2 Å². The van der Waals surface area contributed by atoms with Gasteiger partial charge in [0.25, 0.3) is 11.1 Å². The molecule has 2 rings (SSSR count). The Hall–Kier alpha value is -1.89. The number of aromatic amines is 2. The fraction of sp³-hybridized carbons (Fsp3) is 0.308. The largest absolute Gasteiger partial charge is 0.324 e. The van der Waals surface area contributed by atoms with Crippen molar-refractivity contribution in [2.45, 2.75) is 18.7 Å². The topological polar surface area (TPSA) is 94.8 Å². The molecule has 1 unspecified atom stereocenters. The first kappa shape index (κ1) is 14.5. The summed E-state index contributed by atoms with van der Waals surface area (Å²) < 4.78 is 0. The van der Waals surface area contributed by atoms with E-state index in [-0.39, 0.29) is 27.4 Å². The van der Waals surface area contributed by atoms with E-state index in [4.69, 9.17) is 0 Å². The van der Waals surface area contributed by atoms with Gasteiger partial charge < -0.3 is 5.32 Å². The number of H-pyrrole nitrogens is 2. The lowest BCUT2D eigenvalue weighted by molar-refractivity contribution is -0.116. The second-order valence-electron chi connectivity index (χ2n) is 4.77. The summed E-state index contributed by atoms with van der Waals surface area (Å²) in [4.78, 5) is 35.2. The molecule has 0 aliphatic heterocycles. The predicted molar refractivity (Wildman–Crippen MR) is 81.4 cm³/mol. The third-order valence-electron chi connectivity index (χ3n) is 2.92. The number of carbonyl (C=O) groups excluding carboxylic acids is 1. The molecule has 2 aromatic rings. The second kappa shape index (κ2) is 5.62. The maximum Gasteiger partial charge on any atom is 0.272 e. The fourth-order valence-corrected chi connectivity index (χ4v) is 1.95. The third-order valence-corrected chi connectivity index (χ3v) is 4.39. The van der Waals surface area contributed by atoms with Gasteiger partial charge in [-0.05, 0) is 18.1 Å². The van der Waals surface area contributed by atoms with E-state index in [1.54, 1.807) is 12.1 Å². The first-order chi connectivity index (χ1) is 9.41. The molecule has 1 aromatic heterocycles. The molecule has 0 aliphatic rings. The first-order valence-electron chi connectivity index (χ1n) is 6.10. The highest BCUT2D eigenvalue weighted by molar-refractivity contribution is 9.10. The van der Waals surface area contributed by atoms with Crippen LogP contribution in [0.15, 0.2) is 27.8 Å². The van der Waals surface area contributed by atoms with Crippen LogP contribution in [0, 0.1) is 5.92 Å². The number of halogens is 1. The number of rotatable bonds is 3. The zero-order chi connectivity index (χ0) is 14.9. The molecule has 106 valence electrons. The van der Waals surface area contributed by atoms with Gasteiger partial charge in [0.05, 0.1) is 21.3 Å². The number of aromatic nitrogens is 2. The van der Waals surface area contributed by atoms with E-state index in [9.17, 15) is 14.4 Å². The fourth-order valence-electron chi connectivity index (χ4n) is 1.84. The molecule has 0 saturated heterocycles. The quantitative estimate of drug-likeness (QED) is 0.741. The van der Waals surface area contributed by atoms with Gasteiger partial charge in [0.1, 0.15) is 0 Å². The average Bonchev–Trinajstić information content (AvgIpc) is 2.42. The van der Waals surface area contributed by atoms with Crippen molar-refractivity contribution in [2.24, 2.45) is 5.92 Å². The number of benzene rings is 1. The molecule has 0 spiro atoms. The van der Waals surface area contributed by atoms with Gasteiger partial charge in [0, 0.05) is 0 Å². The van der Waals surface area contributed by atoms with Crippen molar-refractivity contribution in [1.29, 1.82) is 0 Å². The van der Waals surface area contributed by atoms with Gasteiger partial charge in [-0.2, -0.15) is 0 Å². The molecule has 0 bridgehead atoms. The van der Waals surface area contributed by atoms with E-state index in [1.165, 1.54) is 6.07 Å². The third kappa shape index (κ3) is 2.67. The highest BCUT2D eigenvalue weighted by Crippen LogP contribution is 2.19. The van der Waals surface area contributed by atoms with E-state index < -0.39 is 11.1 Å². The van der Waals surface area contributed by atoms with Crippen molar-refractivity contribution in [3.8, 4) is 0 Å². The molecule has 0 saturated carbocycles. The van der Waals surface area contributed by atoms with Crippen LogP contribution in [0.3, 0.4) is 0 Å². The van der Waals surface area contributed by atoms with Crippen LogP contribution in [-0.2, 0) is 4.79 Å². The van der Waals surface area contributed by atoms with Gasteiger partial charge in [-0.25, -0.2) is 0 Å². The molecule has 1 aromatic carbocycles. The Morgan fingerprint density at radius 1 is 1.20 bits per heavy atom. The molecule has 0 radical (unpaired) electrons. The number of anilines is 1. The molecule has 7 heteroatoms. The van der Waals surface area contributed by atoms with Crippen molar-refractivity contribution in [2.75, 3.05) is 5.32 Å². The van der Waals surface area contributed by atoms with Gasteiger partial charge in [-0.1, -0.05) is 35.8 Å². The lowest BCUT2D eigenvalue weighted by atomic mass is 10.1. The zero-order valence-corrected chi connectivity index (χ0v) is 12.6. The first-order valence-corrected chi connectivity index (χ1v) is 7.02. The molecular weight excluding hydrogens is 326 g/mol. The lowest BCUT2D eigenvalue weighted by Gasteiger charge is -2.14. The predicted octanol–water partition coefficient (Wildman–Crippen LogP) is 1.57. The number of carbonyl (C=O) groups is 1. The summed E-state index contributed by atoms with van der Waals surface area (Å²) in [6.07, 6.45) is 0. The molecule has 1 heterocycles. The van der Waals surface area contributed by atoms with Crippen molar-refractivity contribution < 1.29 is 4.79 Å². The van der Waals surface area contributed by atoms with Crippen LogP contribution in [0.25, 0.3) is 10.8 Å². The molecule has 1 amide bonds. The molecular formula is C13H14BrN3O3. The SMILES string of the molecule is CC(C)C(Br)C(=O)Nc1cccc2c(=O)[nH][nH]c(=O)c12. The van der Waals surface area contributed by atoms with Gasteiger partial charge in [0.15, 0.2) is 0 Å². The minimum absolute atomic E-state index is 0.103. The van der Waals surface area contributed by atoms with E-state index in [1.807, 2.05) is 13.8 Å². The molecule has 20 heavy (non-hydrogen) atoms. The Morgan fingerprint density at radius 3 is 2.50 bits per heavy atom. The van der Waals surface area contributed by atoms with Crippen LogP contribution >= 0.6 is 15.9 Å². The number of hydrogen-bond acceptors (Lipinski definition) is 3. The average molecular weight is 340 g/mol. The van der Waals surface area contributed by atoms with Crippen LogP contribution < -0.4 is 16.4 Å².